The van der Waals surface area contributed by atoms with E-state index in [2.05, 4.69) is 26.8 Å². The molecule has 4 rings (SSSR count). The van der Waals surface area contributed by atoms with Gasteiger partial charge in [-0.1, -0.05) is 62.4 Å². The number of allylic oxidation sites excluding steroid dienone is 2. The minimum atomic E-state index is -0.823. The number of phenolic OH excluding ortho intramolecular Hbond substituents is 1. The number of unbranched alkanes of at least 4 members (excludes halogenated alkanes) is 2. The van der Waals surface area contributed by atoms with Gasteiger partial charge in [0.15, 0.2) is 0 Å². The van der Waals surface area contributed by atoms with Gasteiger partial charge in [-0.05, 0) is 73.8 Å². The molecule has 1 aliphatic carbocycles. The monoisotopic (exact) mass is 571 g/mol. The smallest absolute Gasteiger partial charge is 0.303 e. The van der Waals surface area contributed by atoms with Crippen LogP contribution in [0.25, 0.3) is 6.08 Å². The first-order valence-electron chi connectivity index (χ1n) is 14.7. The molecule has 2 aliphatic heterocycles. The number of hydrogen-bond acceptors (Lipinski definition) is 5. The Bertz CT molecular complexity index is 1190. The van der Waals surface area contributed by atoms with E-state index in [-0.39, 0.29) is 53.8 Å². The molecule has 8 heteroatoms. The summed E-state index contributed by atoms with van der Waals surface area (Å²) in [6, 6.07) is 5.03. The Balaban J connectivity index is 1.48. The normalized spacial score (nSPS) is 24.7. The predicted molar refractivity (Wildman–Crippen MR) is 155 cm³/mol. The summed E-state index contributed by atoms with van der Waals surface area (Å²) in [6.45, 7) is 7.28. The van der Waals surface area contributed by atoms with Gasteiger partial charge in [0, 0.05) is 18.9 Å². The predicted octanol–water partition coefficient (Wildman–Crippen LogP) is 6.63. The Morgan fingerprint density at radius 2 is 1.90 bits per heavy atom. The fraction of sp³-hybridized carbons (Fsp3) is 0.594. The lowest BCUT2D eigenvalue weighted by atomic mass is 9.67. The maximum absolute atomic E-state index is 13.6. The minimum Gasteiger partial charge on any atom is -0.508 e. The zero-order valence-corrected chi connectivity index (χ0v) is 24.6. The molecule has 0 saturated carbocycles. The fourth-order valence-corrected chi connectivity index (χ4v) is 6.96. The molecule has 4 atom stereocenters. The lowest BCUT2D eigenvalue weighted by molar-refractivity contribution is -0.141. The molecule has 40 heavy (non-hydrogen) atoms. The Morgan fingerprint density at radius 3 is 2.58 bits per heavy atom. The quantitative estimate of drug-likeness (QED) is 0.156. The SMILES string of the molecule is CCC/C(=C\c1ccc(O)cc1Cl)CC[C@H]1OC[C@H]2C1=C(C(C)C)C[C@H]1C(=O)N(CCCCCC(=O)O)C(=O)[C@H]12. The van der Waals surface area contributed by atoms with Gasteiger partial charge >= 0.3 is 5.97 Å². The molecule has 0 aromatic heterocycles. The number of carboxylic acids is 1. The molecule has 0 spiro atoms. The zero-order chi connectivity index (χ0) is 29.0. The van der Waals surface area contributed by atoms with Gasteiger partial charge in [-0.15, -0.1) is 0 Å². The van der Waals surface area contributed by atoms with Gasteiger partial charge in [-0.25, -0.2) is 0 Å². The second kappa shape index (κ2) is 13.3. The highest BCUT2D eigenvalue weighted by atomic mass is 35.5. The van der Waals surface area contributed by atoms with Crippen molar-refractivity contribution in [2.75, 3.05) is 13.2 Å². The largest absolute Gasteiger partial charge is 0.508 e. The van der Waals surface area contributed by atoms with Crippen molar-refractivity contribution in [3.63, 3.8) is 0 Å². The maximum atomic E-state index is 13.6. The number of carboxylic acid groups (broad SMARTS) is 1. The summed E-state index contributed by atoms with van der Waals surface area (Å²) in [5.41, 5.74) is 4.65. The number of nitrogens with zero attached hydrogens (tertiary/aromatic N) is 1. The van der Waals surface area contributed by atoms with Gasteiger partial charge in [-0.2, -0.15) is 0 Å². The molecule has 2 N–H and O–H groups in total. The first-order valence-corrected chi connectivity index (χ1v) is 15.1. The third kappa shape index (κ3) is 6.63. The summed E-state index contributed by atoms with van der Waals surface area (Å²) in [5, 5.41) is 19.1. The average molecular weight is 572 g/mol. The summed E-state index contributed by atoms with van der Waals surface area (Å²) >= 11 is 6.37. The summed E-state index contributed by atoms with van der Waals surface area (Å²) in [6.07, 6.45) is 8.17. The maximum Gasteiger partial charge on any atom is 0.303 e. The number of fused-ring (bicyclic) bond motifs is 3. The Kier molecular flexibility index (Phi) is 10.1. The number of hydrogen-bond donors (Lipinski definition) is 2. The summed E-state index contributed by atoms with van der Waals surface area (Å²) < 4.78 is 6.38. The van der Waals surface area contributed by atoms with Crippen LogP contribution in [0.2, 0.25) is 5.02 Å². The number of ether oxygens (including phenoxy) is 1. The number of benzene rings is 1. The average Bonchev–Trinajstić information content (AvgIpc) is 3.42. The van der Waals surface area contributed by atoms with E-state index in [1.807, 2.05) is 6.07 Å². The van der Waals surface area contributed by atoms with Crippen LogP contribution >= 0.6 is 11.6 Å². The number of rotatable bonds is 13. The van der Waals surface area contributed by atoms with Gasteiger partial charge in [0.05, 0.1) is 29.6 Å². The van der Waals surface area contributed by atoms with E-state index in [9.17, 15) is 19.5 Å². The van der Waals surface area contributed by atoms with Crippen LogP contribution in [-0.4, -0.2) is 52.2 Å². The number of aliphatic carboxylic acids is 1. The number of likely N-dealkylation sites (tertiary alicyclic amines) is 1. The molecule has 0 bridgehead atoms. The van der Waals surface area contributed by atoms with E-state index in [1.54, 1.807) is 12.1 Å². The van der Waals surface area contributed by atoms with Crippen LogP contribution in [0.5, 0.6) is 5.75 Å². The number of imide groups is 1. The number of aromatic hydroxyl groups is 1. The number of carbonyl (C=O) groups is 3. The number of phenols is 1. The molecule has 2 amide bonds. The van der Waals surface area contributed by atoms with Crippen LogP contribution in [0.1, 0.15) is 84.1 Å². The molecule has 2 saturated heterocycles. The van der Waals surface area contributed by atoms with Crippen molar-refractivity contribution < 1.29 is 29.3 Å². The van der Waals surface area contributed by atoms with Gasteiger partial charge in [0.1, 0.15) is 5.75 Å². The van der Waals surface area contributed by atoms with Crippen molar-refractivity contribution in [1.29, 1.82) is 0 Å². The topological polar surface area (TPSA) is 104 Å². The first-order chi connectivity index (χ1) is 19.1. The molecular formula is C32H42ClNO6. The minimum absolute atomic E-state index is 0.0697. The van der Waals surface area contributed by atoms with Crippen LogP contribution in [0.4, 0.5) is 0 Å². The number of amides is 2. The molecule has 1 aromatic carbocycles. The van der Waals surface area contributed by atoms with Crippen molar-refractivity contribution in [2.45, 2.75) is 84.7 Å². The molecule has 1 aromatic rings. The van der Waals surface area contributed by atoms with Crippen molar-refractivity contribution in [3.8, 4) is 5.75 Å². The van der Waals surface area contributed by atoms with Gasteiger partial charge in [0.25, 0.3) is 0 Å². The molecule has 0 radical (unpaired) electrons. The van der Waals surface area contributed by atoms with Gasteiger partial charge in [0.2, 0.25) is 11.8 Å². The fourth-order valence-electron chi connectivity index (χ4n) is 6.73. The molecule has 7 nitrogen and oxygen atoms in total. The van der Waals surface area contributed by atoms with Crippen molar-refractivity contribution in [2.24, 2.45) is 23.7 Å². The van der Waals surface area contributed by atoms with E-state index in [4.69, 9.17) is 21.4 Å². The van der Waals surface area contributed by atoms with Crippen molar-refractivity contribution in [3.05, 3.63) is 45.5 Å². The first kappa shape index (κ1) is 30.3. The highest BCUT2D eigenvalue weighted by Crippen LogP contribution is 2.51. The molecule has 2 heterocycles. The third-order valence-electron chi connectivity index (χ3n) is 8.65. The second-order valence-electron chi connectivity index (χ2n) is 11.7. The van der Waals surface area contributed by atoms with E-state index >= 15 is 0 Å². The number of halogens is 1. The van der Waals surface area contributed by atoms with Gasteiger partial charge in [-0.3, -0.25) is 19.3 Å². The van der Waals surface area contributed by atoms with E-state index in [0.29, 0.717) is 43.9 Å². The Labute approximate surface area is 242 Å². The van der Waals surface area contributed by atoms with Crippen LogP contribution < -0.4 is 0 Å². The van der Waals surface area contributed by atoms with E-state index in [1.165, 1.54) is 21.6 Å². The van der Waals surface area contributed by atoms with Crippen molar-refractivity contribution >= 4 is 35.5 Å². The molecule has 0 unspecified atom stereocenters. The van der Waals surface area contributed by atoms with Crippen LogP contribution in [0, 0.1) is 23.7 Å². The Hall–Kier alpha value is -2.64. The second-order valence-corrected chi connectivity index (χ2v) is 12.1. The van der Waals surface area contributed by atoms with Crippen LogP contribution in [0.3, 0.4) is 0 Å². The standard InChI is InChI=1S/C32H42ClNO6/c1-4-8-20(15-21-11-12-22(35)16-26(21)33)10-13-27-29-23(19(2)3)17-24-30(25(29)18-40-27)32(39)34(31(24)38)14-7-5-6-9-28(36)37/h11-12,15-16,19,24-25,27,30,35H,4-10,13-14,17-18H2,1-3H3,(H,36,37)/b20-15+/t24-,25+,27-,30-/m1/s1. The summed E-state index contributed by atoms with van der Waals surface area (Å²) in [4.78, 5) is 39.2. The summed E-state index contributed by atoms with van der Waals surface area (Å²) in [5.74, 6) is -1.34. The van der Waals surface area contributed by atoms with E-state index < -0.39 is 5.97 Å². The van der Waals surface area contributed by atoms with Crippen molar-refractivity contribution in [1.82, 2.24) is 4.90 Å². The van der Waals surface area contributed by atoms with E-state index in [0.717, 1.165) is 31.2 Å². The Morgan fingerprint density at radius 1 is 1.12 bits per heavy atom. The third-order valence-corrected chi connectivity index (χ3v) is 8.97. The van der Waals surface area contributed by atoms with Crippen LogP contribution in [-0.2, 0) is 19.1 Å². The zero-order valence-electron chi connectivity index (χ0n) is 23.8. The highest BCUT2D eigenvalue weighted by molar-refractivity contribution is 6.32. The molecule has 2 fully saturated rings. The summed E-state index contributed by atoms with van der Waals surface area (Å²) in [7, 11) is 0. The molecule has 3 aliphatic rings. The lowest BCUT2D eigenvalue weighted by Crippen LogP contribution is -2.35. The molecular weight excluding hydrogens is 530 g/mol. The number of carbonyl (C=O) groups excluding carboxylic acids is 2. The lowest BCUT2D eigenvalue weighted by Gasteiger charge is -2.33. The molecule has 218 valence electrons. The van der Waals surface area contributed by atoms with Crippen LogP contribution in [0.15, 0.2) is 34.9 Å². The highest BCUT2D eigenvalue weighted by Gasteiger charge is 2.56. The van der Waals surface area contributed by atoms with Gasteiger partial charge < -0.3 is 14.9 Å².